The van der Waals surface area contributed by atoms with E-state index in [0.717, 1.165) is 21.1 Å². The van der Waals surface area contributed by atoms with E-state index in [1.54, 1.807) is 18.2 Å². The molecule has 0 aliphatic carbocycles. The van der Waals surface area contributed by atoms with Crippen LogP contribution in [-0.2, 0) is 4.74 Å². The Balaban J connectivity index is 1.76. The number of amides is 1. The lowest BCUT2D eigenvalue weighted by molar-refractivity contribution is 0.0218. The molecule has 0 spiro atoms. The average Bonchev–Trinajstić information content (AvgIpc) is 3.11. The van der Waals surface area contributed by atoms with Gasteiger partial charge in [0.1, 0.15) is 5.75 Å². The molecule has 0 atom stereocenters. The van der Waals surface area contributed by atoms with Crippen molar-refractivity contribution in [3.05, 3.63) is 64.3 Å². The van der Waals surface area contributed by atoms with E-state index in [0.29, 0.717) is 23.6 Å². The number of hydrogen-bond acceptors (Lipinski definition) is 4. The van der Waals surface area contributed by atoms with Gasteiger partial charge in [-0.3, -0.25) is 4.79 Å². The quantitative estimate of drug-likeness (QED) is 0.252. The molecule has 0 saturated heterocycles. The summed E-state index contributed by atoms with van der Waals surface area (Å²) >= 11 is 3.38. The van der Waals surface area contributed by atoms with Gasteiger partial charge in [0.15, 0.2) is 6.79 Å². The third-order valence-corrected chi connectivity index (χ3v) is 4.43. The maximum absolute atomic E-state index is 12.6. The summed E-state index contributed by atoms with van der Waals surface area (Å²) in [6.07, 6.45) is 0. The second-order valence-electron chi connectivity index (χ2n) is 5.80. The smallest absolute Gasteiger partial charge is 0.275 e. The van der Waals surface area contributed by atoms with Crippen LogP contribution >= 0.6 is 15.9 Å². The van der Waals surface area contributed by atoms with E-state index in [4.69, 9.17) is 9.47 Å². The van der Waals surface area contributed by atoms with Crippen LogP contribution in [-0.4, -0.2) is 30.0 Å². The van der Waals surface area contributed by atoms with Crippen molar-refractivity contribution < 1.29 is 14.3 Å². The summed E-state index contributed by atoms with van der Waals surface area (Å²) in [7, 11) is 0. The van der Waals surface area contributed by atoms with Gasteiger partial charge in [0.2, 0.25) is 0 Å². The highest BCUT2D eigenvalue weighted by Crippen LogP contribution is 2.23. The molecule has 3 rings (SSSR count). The van der Waals surface area contributed by atoms with E-state index in [9.17, 15) is 4.79 Å². The minimum atomic E-state index is -0.363. The summed E-state index contributed by atoms with van der Waals surface area (Å²) < 4.78 is 11.5. The molecule has 3 aromatic rings. The fourth-order valence-electron chi connectivity index (χ4n) is 2.52. The lowest BCUT2D eigenvalue weighted by Crippen LogP contribution is -2.20. The van der Waals surface area contributed by atoms with Crippen LogP contribution in [0.5, 0.6) is 5.75 Å². The standard InChI is InChI=1S/C20H20BrN3O3/c1-3-26-12-27-19-9-8-15(21)11-16(19)20(25)24-23-13(2)18-10-14-6-4-5-7-17(14)22-18/h4-11,22H,3,12H2,1-2H3,(H,24,25)/b23-13+. The Kier molecular flexibility index (Phi) is 6.26. The van der Waals surface area contributed by atoms with Crippen molar-refractivity contribution >= 4 is 38.5 Å². The number of halogens is 1. The molecule has 2 aromatic carbocycles. The molecule has 0 bridgehead atoms. The molecule has 140 valence electrons. The Morgan fingerprint density at radius 2 is 2.04 bits per heavy atom. The molecule has 0 radical (unpaired) electrons. The zero-order chi connectivity index (χ0) is 19.2. The van der Waals surface area contributed by atoms with Crippen LogP contribution in [0.2, 0.25) is 0 Å². The molecule has 1 heterocycles. The molecular weight excluding hydrogens is 410 g/mol. The Morgan fingerprint density at radius 3 is 2.81 bits per heavy atom. The number of rotatable bonds is 7. The van der Waals surface area contributed by atoms with Crippen LogP contribution in [0.1, 0.15) is 29.9 Å². The van der Waals surface area contributed by atoms with Crippen LogP contribution in [0.4, 0.5) is 0 Å². The van der Waals surface area contributed by atoms with Gasteiger partial charge in [0.25, 0.3) is 5.91 Å². The number of benzene rings is 2. The van der Waals surface area contributed by atoms with Gasteiger partial charge in [-0.1, -0.05) is 34.1 Å². The Morgan fingerprint density at radius 1 is 1.22 bits per heavy atom. The van der Waals surface area contributed by atoms with Gasteiger partial charge in [0, 0.05) is 22.0 Å². The lowest BCUT2D eigenvalue weighted by Gasteiger charge is -2.11. The van der Waals surface area contributed by atoms with Crippen LogP contribution in [0.15, 0.2) is 58.1 Å². The van der Waals surface area contributed by atoms with Crippen LogP contribution in [0, 0.1) is 0 Å². The van der Waals surface area contributed by atoms with Crippen LogP contribution in [0.25, 0.3) is 10.9 Å². The highest BCUT2D eigenvalue weighted by molar-refractivity contribution is 9.10. The van der Waals surface area contributed by atoms with E-state index in [1.807, 2.05) is 44.2 Å². The molecule has 6 nitrogen and oxygen atoms in total. The predicted molar refractivity (Wildman–Crippen MR) is 109 cm³/mol. The number of para-hydroxylation sites is 1. The van der Waals surface area contributed by atoms with Gasteiger partial charge in [-0.15, -0.1) is 0 Å². The molecule has 7 heteroatoms. The number of hydrazone groups is 1. The van der Waals surface area contributed by atoms with Crippen molar-refractivity contribution in [2.24, 2.45) is 5.10 Å². The van der Waals surface area contributed by atoms with Crippen molar-refractivity contribution in [2.75, 3.05) is 13.4 Å². The SMILES string of the molecule is CCOCOc1ccc(Br)cc1C(=O)N/N=C(\C)c1cc2ccccc2[nH]1. The second kappa shape index (κ2) is 8.83. The number of hydrogen-bond donors (Lipinski definition) is 2. The summed E-state index contributed by atoms with van der Waals surface area (Å²) in [4.78, 5) is 15.9. The molecular formula is C20H20BrN3O3. The van der Waals surface area contributed by atoms with E-state index >= 15 is 0 Å². The molecule has 0 unspecified atom stereocenters. The highest BCUT2D eigenvalue weighted by Gasteiger charge is 2.14. The molecule has 0 aliphatic rings. The molecule has 1 amide bonds. The van der Waals surface area contributed by atoms with Gasteiger partial charge in [-0.25, -0.2) is 5.43 Å². The zero-order valence-corrected chi connectivity index (χ0v) is 16.7. The summed E-state index contributed by atoms with van der Waals surface area (Å²) in [5, 5.41) is 5.31. The summed E-state index contributed by atoms with van der Waals surface area (Å²) in [5.74, 6) is 0.0703. The molecule has 0 aliphatic heterocycles. The number of nitrogens with one attached hydrogen (secondary N) is 2. The van der Waals surface area contributed by atoms with Crippen molar-refractivity contribution in [1.82, 2.24) is 10.4 Å². The summed E-state index contributed by atoms with van der Waals surface area (Å²) in [6.45, 7) is 4.32. The Bertz CT molecular complexity index is 949. The van der Waals surface area contributed by atoms with Gasteiger partial charge in [0.05, 0.1) is 17.0 Å². The first kappa shape index (κ1) is 19.1. The maximum atomic E-state index is 12.6. The van der Waals surface area contributed by atoms with E-state index in [1.165, 1.54) is 0 Å². The van der Waals surface area contributed by atoms with Gasteiger partial charge in [-0.05, 0) is 44.2 Å². The number of carbonyl (C=O) groups excluding carboxylic acids is 1. The van der Waals surface area contributed by atoms with Crippen molar-refractivity contribution in [1.29, 1.82) is 0 Å². The normalized spacial score (nSPS) is 11.6. The largest absolute Gasteiger partial charge is 0.467 e. The minimum Gasteiger partial charge on any atom is -0.467 e. The fraction of sp³-hybridized carbons (Fsp3) is 0.200. The van der Waals surface area contributed by atoms with Crippen LogP contribution < -0.4 is 10.2 Å². The molecule has 27 heavy (non-hydrogen) atoms. The first-order chi connectivity index (χ1) is 13.1. The Hall–Kier alpha value is -2.64. The fourth-order valence-corrected chi connectivity index (χ4v) is 2.88. The number of carbonyl (C=O) groups is 1. The predicted octanol–water partition coefficient (Wildman–Crippen LogP) is 4.46. The average molecular weight is 430 g/mol. The third kappa shape index (κ3) is 4.75. The number of ether oxygens (including phenoxy) is 2. The number of aromatic amines is 1. The van der Waals surface area contributed by atoms with Crippen molar-refractivity contribution in [3.8, 4) is 5.75 Å². The number of fused-ring (bicyclic) bond motifs is 1. The number of H-pyrrole nitrogens is 1. The molecule has 0 fully saturated rings. The number of nitrogens with zero attached hydrogens (tertiary/aromatic N) is 1. The third-order valence-electron chi connectivity index (χ3n) is 3.93. The topological polar surface area (TPSA) is 75.7 Å². The maximum Gasteiger partial charge on any atom is 0.275 e. The first-order valence-corrected chi connectivity index (χ1v) is 9.30. The monoisotopic (exact) mass is 429 g/mol. The van der Waals surface area contributed by atoms with Gasteiger partial charge in [-0.2, -0.15) is 5.10 Å². The van der Waals surface area contributed by atoms with Crippen molar-refractivity contribution in [3.63, 3.8) is 0 Å². The second-order valence-corrected chi connectivity index (χ2v) is 6.72. The summed E-state index contributed by atoms with van der Waals surface area (Å²) in [5.41, 5.74) is 5.50. The highest BCUT2D eigenvalue weighted by atomic mass is 79.9. The molecule has 2 N–H and O–H groups in total. The van der Waals surface area contributed by atoms with E-state index < -0.39 is 0 Å². The first-order valence-electron chi connectivity index (χ1n) is 8.51. The van der Waals surface area contributed by atoms with Gasteiger partial charge < -0.3 is 14.5 Å². The minimum absolute atomic E-state index is 0.0791. The van der Waals surface area contributed by atoms with E-state index in [-0.39, 0.29) is 12.7 Å². The molecule has 1 aromatic heterocycles. The van der Waals surface area contributed by atoms with Gasteiger partial charge >= 0.3 is 0 Å². The Labute approximate surface area is 165 Å². The number of aromatic nitrogens is 1. The van der Waals surface area contributed by atoms with Crippen LogP contribution in [0.3, 0.4) is 0 Å². The summed E-state index contributed by atoms with van der Waals surface area (Å²) in [6, 6.07) is 15.2. The lowest BCUT2D eigenvalue weighted by atomic mass is 10.2. The molecule has 0 saturated carbocycles. The zero-order valence-electron chi connectivity index (χ0n) is 15.1. The van der Waals surface area contributed by atoms with E-state index in [2.05, 4.69) is 31.4 Å². The van der Waals surface area contributed by atoms with Crippen molar-refractivity contribution in [2.45, 2.75) is 13.8 Å².